The van der Waals surface area contributed by atoms with E-state index >= 15 is 0 Å². The number of likely N-dealkylation sites (tertiary alicyclic amines) is 1. The third kappa shape index (κ3) is 4.00. The highest BCUT2D eigenvalue weighted by atomic mass is 19.1. The van der Waals surface area contributed by atoms with Crippen LogP contribution in [0.2, 0.25) is 0 Å². The molecule has 2 aliphatic heterocycles. The van der Waals surface area contributed by atoms with Crippen LogP contribution in [0.5, 0.6) is 11.5 Å². The Kier molecular flexibility index (Phi) is 5.61. The van der Waals surface area contributed by atoms with Gasteiger partial charge in [-0.05, 0) is 85.5 Å². The fraction of sp³-hybridized carbons (Fsp3) is 0.393. The first-order chi connectivity index (χ1) is 16.7. The summed E-state index contributed by atoms with van der Waals surface area (Å²) in [5, 5.41) is 2.12. The summed E-state index contributed by atoms with van der Waals surface area (Å²) >= 11 is 0. The van der Waals surface area contributed by atoms with Crippen molar-refractivity contribution in [1.29, 1.82) is 0 Å². The third-order valence-electron chi connectivity index (χ3n) is 7.41. The number of pyridine rings is 1. The standard InChI is InChI=1S/C28H30FN3O2/c1-2-22-5-6-23-24(30-22)7-8-26-28(23)34-27(18-33-26)32-14-10-19(11-15-32)9-13-31-16-12-20-3-4-21(29)17-25(20)31/h3-8,12,16-17,19,27H,2,9-11,13-15,18H2,1H3. The van der Waals surface area contributed by atoms with Crippen LogP contribution >= 0.6 is 0 Å². The van der Waals surface area contributed by atoms with E-state index in [1.807, 2.05) is 18.2 Å². The number of ether oxygens (including phenoxy) is 2. The fourth-order valence-corrected chi connectivity index (χ4v) is 5.35. The van der Waals surface area contributed by atoms with E-state index in [-0.39, 0.29) is 12.0 Å². The van der Waals surface area contributed by atoms with Crippen molar-refractivity contribution < 1.29 is 13.9 Å². The lowest BCUT2D eigenvalue weighted by atomic mass is 9.93. The molecule has 0 saturated carbocycles. The summed E-state index contributed by atoms with van der Waals surface area (Å²) in [6.07, 6.45) is 6.30. The predicted molar refractivity (Wildman–Crippen MR) is 132 cm³/mol. The number of hydrogen-bond donors (Lipinski definition) is 0. The molecule has 1 atom stereocenters. The second-order valence-electron chi connectivity index (χ2n) is 9.48. The maximum absolute atomic E-state index is 13.7. The van der Waals surface area contributed by atoms with Gasteiger partial charge >= 0.3 is 0 Å². The van der Waals surface area contributed by atoms with Crippen molar-refractivity contribution in [1.82, 2.24) is 14.5 Å². The van der Waals surface area contributed by atoms with Gasteiger partial charge in [0.2, 0.25) is 0 Å². The summed E-state index contributed by atoms with van der Waals surface area (Å²) in [6.45, 7) is 5.58. The predicted octanol–water partition coefficient (Wildman–Crippen LogP) is 5.79. The van der Waals surface area contributed by atoms with Crippen LogP contribution < -0.4 is 9.47 Å². The van der Waals surface area contributed by atoms with Gasteiger partial charge in [-0.25, -0.2) is 4.39 Å². The van der Waals surface area contributed by atoms with Crippen LogP contribution in [0.25, 0.3) is 21.8 Å². The SMILES string of the molecule is CCc1ccc2c3c(ccc2n1)OCC(N1CCC(CCn2ccc4ccc(F)cc42)CC1)O3. The molecule has 0 radical (unpaired) electrons. The first-order valence-electron chi connectivity index (χ1n) is 12.4. The van der Waals surface area contributed by atoms with E-state index in [1.165, 1.54) is 6.07 Å². The minimum atomic E-state index is -0.175. The monoisotopic (exact) mass is 459 g/mol. The lowest BCUT2D eigenvalue weighted by molar-refractivity contribution is -0.0432. The molecule has 34 heavy (non-hydrogen) atoms. The maximum Gasteiger partial charge on any atom is 0.187 e. The zero-order chi connectivity index (χ0) is 23.1. The Morgan fingerprint density at radius 2 is 1.94 bits per heavy atom. The molecule has 4 heterocycles. The number of aryl methyl sites for hydroxylation is 2. The van der Waals surface area contributed by atoms with Gasteiger partial charge in [-0.2, -0.15) is 0 Å². The molecule has 0 N–H and O–H groups in total. The molecule has 0 bridgehead atoms. The number of benzene rings is 2. The zero-order valence-electron chi connectivity index (χ0n) is 19.5. The van der Waals surface area contributed by atoms with Crippen LogP contribution in [0, 0.1) is 11.7 Å². The van der Waals surface area contributed by atoms with Gasteiger partial charge in [0.1, 0.15) is 12.4 Å². The summed E-state index contributed by atoms with van der Waals surface area (Å²) in [5.74, 6) is 2.11. The van der Waals surface area contributed by atoms with Gasteiger partial charge in [-0.3, -0.25) is 9.88 Å². The lowest BCUT2D eigenvalue weighted by Crippen LogP contribution is -2.49. The summed E-state index contributed by atoms with van der Waals surface area (Å²) < 4.78 is 28.5. The largest absolute Gasteiger partial charge is 0.484 e. The number of piperidine rings is 1. The van der Waals surface area contributed by atoms with E-state index in [4.69, 9.17) is 14.5 Å². The van der Waals surface area contributed by atoms with Gasteiger partial charge in [0.15, 0.2) is 17.7 Å². The van der Waals surface area contributed by atoms with Crippen LogP contribution in [0.1, 0.15) is 31.9 Å². The van der Waals surface area contributed by atoms with Crippen LogP contribution in [0.3, 0.4) is 0 Å². The number of hydrogen-bond acceptors (Lipinski definition) is 4. The molecular weight excluding hydrogens is 429 g/mol. The molecule has 0 aliphatic carbocycles. The third-order valence-corrected chi connectivity index (χ3v) is 7.41. The first-order valence-corrected chi connectivity index (χ1v) is 12.4. The van der Waals surface area contributed by atoms with Crippen molar-refractivity contribution in [3.63, 3.8) is 0 Å². The van der Waals surface area contributed by atoms with Crippen LogP contribution in [-0.4, -0.2) is 40.4 Å². The van der Waals surface area contributed by atoms with E-state index in [9.17, 15) is 4.39 Å². The van der Waals surface area contributed by atoms with Crippen LogP contribution in [0.15, 0.2) is 54.7 Å². The van der Waals surface area contributed by atoms with Crippen molar-refractivity contribution in [3.8, 4) is 11.5 Å². The summed E-state index contributed by atoms with van der Waals surface area (Å²) in [6, 6.07) is 15.3. The number of rotatable bonds is 5. The Balaban J connectivity index is 1.08. The number of fused-ring (bicyclic) bond motifs is 4. The molecular formula is C28H30FN3O2. The molecule has 1 fully saturated rings. The van der Waals surface area contributed by atoms with Crippen molar-refractivity contribution >= 4 is 21.8 Å². The van der Waals surface area contributed by atoms with E-state index in [0.29, 0.717) is 12.5 Å². The Morgan fingerprint density at radius 3 is 2.79 bits per heavy atom. The number of halogens is 1. The van der Waals surface area contributed by atoms with E-state index in [0.717, 1.165) is 84.3 Å². The van der Waals surface area contributed by atoms with E-state index in [2.05, 4.69) is 40.8 Å². The molecule has 2 aromatic heterocycles. The lowest BCUT2D eigenvalue weighted by Gasteiger charge is -2.39. The van der Waals surface area contributed by atoms with Gasteiger partial charge in [0.05, 0.1) is 11.0 Å². The second kappa shape index (κ2) is 8.91. The molecule has 0 amide bonds. The quantitative estimate of drug-likeness (QED) is 0.379. The van der Waals surface area contributed by atoms with Gasteiger partial charge in [-0.1, -0.05) is 6.92 Å². The van der Waals surface area contributed by atoms with Gasteiger partial charge in [0, 0.05) is 36.9 Å². The Bertz CT molecular complexity index is 1330. The second-order valence-corrected chi connectivity index (χ2v) is 9.48. The molecule has 2 aromatic carbocycles. The molecule has 4 aromatic rings. The molecule has 1 unspecified atom stereocenters. The number of nitrogens with zero attached hydrogens (tertiary/aromatic N) is 3. The van der Waals surface area contributed by atoms with Gasteiger partial charge in [-0.15, -0.1) is 0 Å². The van der Waals surface area contributed by atoms with Gasteiger partial charge < -0.3 is 14.0 Å². The summed E-state index contributed by atoms with van der Waals surface area (Å²) in [5.41, 5.74) is 3.02. The normalized spacial score (nSPS) is 19.2. The molecule has 176 valence electrons. The maximum atomic E-state index is 13.7. The molecule has 2 aliphatic rings. The Labute approximate surface area is 199 Å². The minimum Gasteiger partial charge on any atom is -0.484 e. The van der Waals surface area contributed by atoms with Crippen LogP contribution in [0.4, 0.5) is 4.39 Å². The molecule has 0 spiro atoms. The van der Waals surface area contributed by atoms with Crippen LogP contribution in [-0.2, 0) is 13.0 Å². The average molecular weight is 460 g/mol. The average Bonchev–Trinajstić information content (AvgIpc) is 3.29. The van der Waals surface area contributed by atoms with Crippen molar-refractivity contribution in [2.45, 2.75) is 45.4 Å². The molecule has 5 nitrogen and oxygen atoms in total. The topological polar surface area (TPSA) is 39.5 Å². The number of aromatic nitrogens is 2. The fourth-order valence-electron chi connectivity index (χ4n) is 5.35. The highest BCUT2D eigenvalue weighted by molar-refractivity contribution is 5.88. The highest BCUT2D eigenvalue weighted by Gasteiger charge is 2.31. The Morgan fingerprint density at radius 1 is 1.06 bits per heavy atom. The zero-order valence-corrected chi connectivity index (χ0v) is 19.5. The Hall–Kier alpha value is -3.12. The summed E-state index contributed by atoms with van der Waals surface area (Å²) in [7, 11) is 0. The smallest absolute Gasteiger partial charge is 0.187 e. The summed E-state index contributed by atoms with van der Waals surface area (Å²) in [4.78, 5) is 7.15. The minimum absolute atomic E-state index is 0.0683. The van der Waals surface area contributed by atoms with E-state index < -0.39 is 0 Å². The van der Waals surface area contributed by atoms with E-state index in [1.54, 1.807) is 6.07 Å². The first kappa shape index (κ1) is 21.4. The molecule has 6 rings (SSSR count). The molecule has 6 heteroatoms. The van der Waals surface area contributed by atoms with Crippen molar-refractivity contribution in [3.05, 3.63) is 66.2 Å². The van der Waals surface area contributed by atoms with Crippen molar-refractivity contribution in [2.75, 3.05) is 19.7 Å². The van der Waals surface area contributed by atoms with Gasteiger partial charge in [0.25, 0.3) is 0 Å². The highest BCUT2D eigenvalue weighted by Crippen LogP contribution is 2.39. The van der Waals surface area contributed by atoms with Crippen molar-refractivity contribution in [2.24, 2.45) is 5.92 Å². The molecule has 1 saturated heterocycles.